The summed E-state index contributed by atoms with van der Waals surface area (Å²) in [5, 5.41) is 14.8. The number of methoxy groups -OCH3 is 1. The van der Waals surface area contributed by atoms with Crippen molar-refractivity contribution in [3.8, 4) is 5.75 Å². The Balaban J connectivity index is 1.96. The van der Waals surface area contributed by atoms with Gasteiger partial charge in [0.15, 0.2) is 5.96 Å². The summed E-state index contributed by atoms with van der Waals surface area (Å²) in [7, 11) is 1.68. The van der Waals surface area contributed by atoms with Gasteiger partial charge in [0.2, 0.25) is 0 Å². The van der Waals surface area contributed by atoms with Gasteiger partial charge in [-0.05, 0) is 24.6 Å². The van der Waals surface area contributed by atoms with Gasteiger partial charge in [-0.1, -0.05) is 32.9 Å². The lowest BCUT2D eigenvalue weighted by molar-refractivity contribution is 0.414. The quantitative estimate of drug-likeness (QED) is 0.522. The second kappa shape index (κ2) is 9.94. The van der Waals surface area contributed by atoms with E-state index in [-0.39, 0.29) is 5.41 Å². The average Bonchev–Trinajstić information content (AvgIpc) is 3.13. The summed E-state index contributed by atoms with van der Waals surface area (Å²) in [4.78, 5) is 4.79. The molecule has 0 amide bonds. The van der Waals surface area contributed by atoms with Crippen LogP contribution in [0.4, 0.5) is 0 Å². The standard InChI is InChI=1S/C20H32N6O/c1-6-18-25-24-15-26(18)13-12-22-19(21-7-2)23-14-20(3,4)16-8-10-17(27-5)11-9-16/h8-11,15H,6-7,12-14H2,1-5H3,(H2,21,22,23). The molecule has 0 radical (unpaired) electrons. The third-order valence-corrected chi connectivity index (χ3v) is 4.51. The highest BCUT2D eigenvalue weighted by atomic mass is 16.5. The number of nitrogens with one attached hydrogen (secondary N) is 2. The first-order chi connectivity index (χ1) is 13.0. The Bertz CT molecular complexity index is 720. The number of aromatic nitrogens is 3. The van der Waals surface area contributed by atoms with E-state index >= 15 is 0 Å². The van der Waals surface area contributed by atoms with Gasteiger partial charge in [0, 0.05) is 31.5 Å². The number of rotatable bonds is 9. The Morgan fingerprint density at radius 2 is 1.93 bits per heavy atom. The molecule has 0 bridgehead atoms. The lowest BCUT2D eigenvalue weighted by Crippen LogP contribution is -2.40. The van der Waals surface area contributed by atoms with Crippen LogP contribution in [0.3, 0.4) is 0 Å². The molecule has 0 unspecified atom stereocenters. The Labute approximate surface area is 162 Å². The molecule has 148 valence electrons. The lowest BCUT2D eigenvalue weighted by Gasteiger charge is -2.24. The van der Waals surface area contributed by atoms with Crippen LogP contribution < -0.4 is 15.4 Å². The van der Waals surface area contributed by atoms with Crippen LogP contribution in [0.5, 0.6) is 5.75 Å². The molecular weight excluding hydrogens is 340 g/mol. The number of nitrogens with zero attached hydrogens (tertiary/aromatic N) is 4. The molecule has 2 N–H and O–H groups in total. The highest BCUT2D eigenvalue weighted by Gasteiger charge is 2.20. The fourth-order valence-electron chi connectivity index (χ4n) is 2.79. The van der Waals surface area contributed by atoms with E-state index in [1.165, 1.54) is 5.56 Å². The van der Waals surface area contributed by atoms with Crippen molar-refractivity contribution in [2.24, 2.45) is 4.99 Å². The number of hydrogen-bond donors (Lipinski definition) is 2. The molecule has 1 heterocycles. The fourth-order valence-corrected chi connectivity index (χ4v) is 2.79. The van der Waals surface area contributed by atoms with Gasteiger partial charge in [0.05, 0.1) is 13.7 Å². The van der Waals surface area contributed by atoms with E-state index in [1.54, 1.807) is 13.4 Å². The van der Waals surface area contributed by atoms with Crippen LogP contribution in [0.1, 0.15) is 39.1 Å². The van der Waals surface area contributed by atoms with Gasteiger partial charge < -0.3 is 19.9 Å². The van der Waals surface area contributed by atoms with E-state index in [2.05, 4.69) is 65.2 Å². The monoisotopic (exact) mass is 372 g/mol. The third-order valence-electron chi connectivity index (χ3n) is 4.51. The van der Waals surface area contributed by atoms with E-state index in [0.29, 0.717) is 6.54 Å². The molecule has 0 saturated carbocycles. The van der Waals surface area contributed by atoms with E-state index in [4.69, 9.17) is 9.73 Å². The first-order valence-electron chi connectivity index (χ1n) is 9.53. The molecule has 0 aliphatic heterocycles. The molecule has 7 nitrogen and oxygen atoms in total. The van der Waals surface area contributed by atoms with E-state index in [1.807, 2.05) is 12.1 Å². The Morgan fingerprint density at radius 1 is 1.19 bits per heavy atom. The Hall–Kier alpha value is -2.57. The van der Waals surface area contributed by atoms with Crippen molar-refractivity contribution in [1.29, 1.82) is 0 Å². The van der Waals surface area contributed by atoms with Crippen LogP contribution in [-0.2, 0) is 18.4 Å². The van der Waals surface area contributed by atoms with Gasteiger partial charge in [-0.2, -0.15) is 0 Å². The van der Waals surface area contributed by atoms with Gasteiger partial charge in [0.1, 0.15) is 17.9 Å². The van der Waals surface area contributed by atoms with Gasteiger partial charge in [-0.25, -0.2) is 0 Å². The number of hydrogen-bond acceptors (Lipinski definition) is 4. The van der Waals surface area contributed by atoms with E-state index < -0.39 is 0 Å². The maximum absolute atomic E-state index is 5.24. The molecule has 2 aromatic rings. The van der Waals surface area contributed by atoms with Gasteiger partial charge >= 0.3 is 0 Å². The normalized spacial score (nSPS) is 12.1. The van der Waals surface area contributed by atoms with Crippen molar-refractivity contribution in [2.75, 3.05) is 26.7 Å². The molecule has 27 heavy (non-hydrogen) atoms. The fraction of sp³-hybridized carbons (Fsp3) is 0.550. The molecule has 0 spiro atoms. The van der Waals surface area contributed by atoms with Crippen LogP contribution in [0.2, 0.25) is 0 Å². The summed E-state index contributed by atoms with van der Waals surface area (Å²) in [6.45, 7) is 11.6. The summed E-state index contributed by atoms with van der Waals surface area (Å²) in [5.74, 6) is 2.69. The van der Waals surface area contributed by atoms with Crippen molar-refractivity contribution >= 4 is 5.96 Å². The topological polar surface area (TPSA) is 76.4 Å². The van der Waals surface area contributed by atoms with Crippen molar-refractivity contribution < 1.29 is 4.74 Å². The molecule has 1 aromatic heterocycles. The third kappa shape index (κ3) is 5.98. The smallest absolute Gasteiger partial charge is 0.191 e. The van der Waals surface area contributed by atoms with Crippen LogP contribution in [0.15, 0.2) is 35.6 Å². The van der Waals surface area contributed by atoms with Crippen LogP contribution in [-0.4, -0.2) is 47.5 Å². The number of aliphatic imine (C=N–C) groups is 1. The molecule has 0 saturated heterocycles. The molecule has 0 atom stereocenters. The second-order valence-electron chi connectivity index (χ2n) is 7.03. The van der Waals surface area contributed by atoms with E-state index in [0.717, 1.165) is 43.6 Å². The lowest BCUT2D eigenvalue weighted by atomic mass is 9.85. The second-order valence-corrected chi connectivity index (χ2v) is 7.03. The van der Waals surface area contributed by atoms with Crippen molar-refractivity contribution in [3.63, 3.8) is 0 Å². The average molecular weight is 373 g/mol. The van der Waals surface area contributed by atoms with Crippen molar-refractivity contribution in [3.05, 3.63) is 42.0 Å². The van der Waals surface area contributed by atoms with Gasteiger partial charge in [-0.3, -0.25) is 4.99 Å². The van der Waals surface area contributed by atoms with Crippen LogP contribution in [0.25, 0.3) is 0 Å². The maximum Gasteiger partial charge on any atom is 0.191 e. The zero-order valence-corrected chi connectivity index (χ0v) is 17.1. The predicted molar refractivity (Wildman–Crippen MR) is 109 cm³/mol. The minimum atomic E-state index is -0.0712. The first-order valence-corrected chi connectivity index (χ1v) is 9.53. The van der Waals surface area contributed by atoms with Crippen molar-refractivity contribution in [1.82, 2.24) is 25.4 Å². The number of benzene rings is 1. The number of ether oxygens (including phenoxy) is 1. The Morgan fingerprint density at radius 3 is 2.56 bits per heavy atom. The van der Waals surface area contributed by atoms with Crippen molar-refractivity contribution in [2.45, 2.75) is 46.1 Å². The molecule has 2 rings (SSSR count). The molecule has 0 fully saturated rings. The zero-order valence-electron chi connectivity index (χ0n) is 17.1. The summed E-state index contributed by atoms with van der Waals surface area (Å²) < 4.78 is 7.31. The molecule has 0 aliphatic carbocycles. The summed E-state index contributed by atoms with van der Waals surface area (Å²) >= 11 is 0. The maximum atomic E-state index is 5.24. The predicted octanol–water partition coefficient (Wildman–Crippen LogP) is 2.38. The highest BCUT2D eigenvalue weighted by Crippen LogP contribution is 2.25. The largest absolute Gasteiger partial charge is 0.497 e. The molecule has 1 aromatic carbocycles. The van der Waals surface area contributed by atoms with Crippen LogP contribution in [0, 0.1) is 0 Å². The molecule has 0 aliphatic rings. The zero-order chi connectivity index (χ0) is 19.7. The summed E-state index contributed by atoms with van der Waals surface area (Å²) in [6.07, 6.45) is 2.65. The molecule has 7 heteroatoms. The van der Waals surface area contributed by atoms with E-state index in [9.17, 15) is 0 Å². The number of guanidine groups is 1. The first kappa shape index (κ1) is 20.7. The van der Waals surface area contributed by atoms with Gasteiger partial charge in [0.25, 0.3) is 0 Å². The number of aryl methyl sites for hydroxylation is 1. The highest BCUT2D eigenvalue weighted by molar-refractivity contribution is 5.79. The SMILES string of the molecule is CCNC(=NCC(C)(C)c1ccc(OC)cc1)NCCn1cnnc1CC. The minimum Gasteiger partial charge on any atom is -0.497 e. The summed E-state index contributed by atoms with van der Waals surface area (Å²) in [5.41, 5.74) is 1.16. The summed E-state index contributed by atoms with van der Waals surface area (Å²) in [6, 6.07) is 8.20. The molecular formula is C20H32N6O. The van der Waals surface area contributed by atoms with Crippen LogP contribution >= 0.6 is 0 Å². The Kier molecular flexibility index (Phi) is 7.64. The van der Waals surface area contributed by atoms with Gasteiger partial charge in [-0.15, -0.1) is 10.2 Å². The minimum absolute atomic E-state index is 0.0712.